The molecular weight excluding hydrogens is 468 g/mol. The van der Waals surface area contributed by atoms with Crippen LogP contribution in [0.3, 0.4) is 0 Å². The van der Waals surface area contributed by atoms with Crippen molar-refractivity contribution in [3.63, 3.8) is 0 Å². The van der Waals surface area contributed by atoms with E-state index in [1.165, 1.54) is 47.7 Å². The molecule has 0 saturated heterocycles. The summed E-state index contributed by atoms with van der Waals surface area (Å²) in [6, 6.07) is 8.41. The molecule has 0 bridgehead atoms. The number of methoxy groups -OCH3 is 5. The van der Waals surface area contributed by atoms with Crippen LogP contribution in [0, 0.1) is 0 Å². The molecule has 194 valence electrons. The van der Waals surface area contributed by atoms with E-state index < -0.39 is 11.9 Å². The number of carbonyl (C=O) groups is 2. The Hall–Kier alpha value is -4.14. The zero-order valence-electron chi connectivity index (χ0n) is 21.6. The van der Waals surface area contributed by atoms with Gasteiger partial charge in [-0.3, -0.25) is 0 Å². The first kappa shape index (κ1) is 28.1. The third-order valence-electron chi connectivity index (χ3n) is 5.00. The summed E-state index contributed by atoms with van der Waals surface area (Å²) < 4.78 is 37.4. The highest BCUT2D eigenvalue weighted by atomic mass is 16.5. The molecule has 2 aromatic rings. The zero-order valence-corrected chi connectivity index (χ0v) is 21.6. The fourth-order valence-electron chi connectivity index (χ4n) is 3.37. The fraction of sp³-hybridized carbons (Fsp3) is 0.333. The molecule has 0 radical (unpaired) electrons. The maximum Gasteiger partial charge on any atom is 0.339 e. The van der Waals surface area contributed by atoms with Crippen LogP contribution in [0.25, 0.3) is 12.2 Å². The molecule has 0 atom stereocenters. The van der Waals surface area contributed by atoms with E-state index in [2.05, 4.69) is 0 Å². The minimum atomic E-state index is -0.703. The van der Waals surface area contributed by atoms with Gasteiger partial charge in [0.25, 0.3) is 0 Å². The third kappa shape index (κ3) is 6.71. The van der Waals surface area contributed by atoms with Gasteiger partial charge in [-0.1, -0.05) is 6.07 Å². The Balaban J connectivity index is 2.79. The third-order valence-corrected chi connectivity index (χ3v) is 5.00. The van der Waals surface area contributed by atoms with E-state index in [0.717, 1.165) is 0 Å². The van der Waals surface area contributed by atoms with Gasteiger partial charge in [0.15, 0.2) is 23.0 Å². The molecule has 0 heterocycles. The van der Waals surface area contributed by atoms with Gasteiger partial charge in [0.1, 0.15) is 0 Å². The highest BCUT2D eigenvalue weighted by Gasteiger charge is 2.24. The van der Waals surface area contributed by atoms with Gasteiger partial charge in [0, 0.05) is 0 Å². The molecule has 0 aliphatic rings. The van der Waals surface area contributed by atoms with Gasteiger partial charge in [-0.25, -0.2) is 9.59 Å². The molecule has 0 saturated carbocycles. The summed E-state index contributed by atoms with van der Waals surface area (Å²) >= 11 is 0. The maximum absolute atomic E-state index is 13.1. The Morgan fingerprint density at radius 2 is 1.06 bits per heavy atom. The van der Waals surface area contributed by atoms with Gasteiger partial charge in [0.2, 0.25) is 5.75 Å². The van der Waals surface area contributed by atoms with Crippen molar-refractivity contribution in [2.24, 2.45) is 0 Å². The van der Waals surface area contributed by atoms with Crippen LogP contribution in [0.5, 0.6) is 28.7 Å². The minimum Gasteiger partial charge on any atom is -0.493 e. The van der Waals surface area contributed by atoms with Gasteiger partial charge < -0.3 is 33.2 Å². The predicted molar refractivity (Wildman–Crippen MR) is 135 cm³/mol. The molecule has 0 unspecified atom stereocenters. The molecule has 9 heteroatoms. The number of benzene rings is 2. The van der Waals surface area contributed by atoms with Crippen molar-refractivity contribution in [2.75, 3.05) is 48.8 Å². The molecular formula is C27H32O9. The van der Waals surface area contributed by atoms with Crippen molar-refractivity contribution in [2.45, 2.75) is 13.8 Å². The number of carbonyl (C=O) groups excluding carboxylic acids is 2. The van der Waals surface area contributed by atoms with E-state index in [-0.39, 0.29) is 24.4 Å². The quantitative estimate of drug-likeness (QED) is 0.240. The smallest absolute Gasteiger partial charge is 0.339 e. The van der Waals surface area contributed by atoms with Crippen molar-refractivity contribution in [1.29, 1.82) is 0 Å². The lowest BCUT2D eigenvalue weighted by Crippen LogP contribution is -2.17. The molecule has 0 aliphatic heterocycles. The van der Waals surface area contributed by atoms with Gasteiger partial charge >= 0.3 is 11.9 Å². The largest absolute Gasteiger partial charge is 0.493 e. The van der Waals surface area contributed by atoms with E-state index in [4.69, 9.17) is 33.2 Å². The summed E-state index contributed by atoms with van der Waals surface area (Å²) in [6.45, 7) is 3.58. The van der Waals surface area contributed by atoms with Gasteiger partial charge in [0.05, 0.1) is 59.9 Å². The Kier molecular flexibility index (Phi) is 10.7. The molecule has 0 spiro atoms. The summed E-state index contributed by atoms with van der Waals surface area (Å²) in [5, 5.41) is 0. The molecule has 0 fully saturated rings. The SMILES string of the molecule is CCOC(=O)C(=C/c1ccc(OC)c(OC)c1)/C(=C\c1cc(OC)c(OC)c(OC)c1)C(=O)OCC. The van der Waals surface area contributed by atoms with Crippen LogP contribution in [0.1, 0.15) is 25.0 Å². The van der Waals surface area contributed by atoms with Gasteiger partial charge in [-0.2, -0.15) is 0 Å². The molecule has 36 heavy (non-hydrogen) atoms. The Bertz CT molecular complexity index is 1110. The minimum absolute atomic E-state index is 0.00345. The van der Waals surface area contributed by atoms with Crippen LogP contribution in [0.15, 0.2) is 41.5 Å². The second-order valence-electron chi connectivity index (χ2n) is 7.13. The Labute approximate surface area is 211 Å². The van der Waals surface area contributed by atoms with Crippen molar-refractivity contribution < 1.29 is 42.7 Å². The lowest BCUT2D eigenvalue weighted by atomic mass is 9.99. The fourth-order valence-corrected chi connectivity index (χ4v) is 3.37. The maximum atomic E-state index is 13.1. The van der Waals surface area contributed by atoms with E-state index >= 15 is 0 Å². The van der Waals surface area contributed by atoms with E-state index in [9.17, 15) is 9.59 Å². The number of rotatable bonds is 12. The van der Waals surface area contributed by atoms with Crippen molar-refractivity contribution in [3.8, 4) is 28.7 Å². The second-order valence-corrected chi connectivity index (χ2v) is 7.13. The molecule has 0 N–H and O–H groups in total. The lowest BCUT2D eigenvalue weighted by Gasteiger charge is -2.15. The monoisotopic (exact) mass is 500 g/mol. The van der Waals surface area contributed by atoms with Crippen LogP contribution in [0.4, 0.5) is 0 Å². The van der Waals surface area contributed by atoms with E-state index in [1.54, 1.807) is 44.2 Å². The first-order valence-corrected chi connectivity index (χ1v) is 11.2. The summed E-state index contributed by atoms with van der Waals surface area (Å²) in [7, 11) is 7.49. The first-order valence-electron chi connectivity index (χ1n) is 11.2. The van der Waals surface area contributed by atoms with Gasteiger partial charge in [-0.05, 0) is 61.4 Å². The average Bonchev–Trinajstić information content (AvgIpc) is 2.89. The number of ether oxygens (including phenoxy) is 7. The summed E-state index contributed by atoms with van der Waals surface area (Å²) in [5.74, 6) is 0.735. The molecule has 0 amide bonds. The summed E-state index contributed by atoms with van der Waals surface area (Å²) in [4.78, 5) is 26.1. The van der Waals surface area contributed by atoms with Crippen LogP contribution in [0.2, 0.25) is 0 Å². The number of hydrogen-bond acceptors (Lipinski definition) is 9. The molecule has 9 nitrogen and oxygen atoms in total. The topological polar surface area (TPSA) is 98.8 Å². The normalized spacial score (nSPS) is 11.4. The number of hydrogen-bond donors (Lipinski definition) is 0. The summed E-state index contributed by atoms with van der Waals surface area (Å²) in [6.07, 6.45) is 3.03. The molecule has 2 rings (SSSR count). The van der Waals surface area contributed by atoms with Crippen LogP contribution >= 0.6 is 0 Å². The van der Waals surface area contributed by atoms with Crippen molar-refractivity contribution in [1.82, 2.24) is 0 Å². The molecule has 0 aliphatic carbocycles. The Morgan fingerprint density at radius 3 is 1.47 bits per heavy atom. The average molecular weight is 501 g/mol. The van der Waals surface area contributed by atoms with Crippen molar-refractivity contribution in [3.05, 3.63) is 52.6 Å². The number of esters is 2. The Morgan fingerprint density at radius 1 is 0.611 bits per heavy atom. The van der Waals surface area contributed by atoms with Crippen LogP contribution in [-0.4, -0.2) is 60.7 Å². The second kappa shape index (κ2) is 13.7. The van der Waals surface area contributed by atoms with Crippen LogP contribution in [-0.2, 0) is 19.1 Å². The molecule has 0 aromatic heterocycles. The highest BCUT2D eigenvalue weighted by molar-refractivity contribution is 6.12. The summed E-state index contributed by atoms with van der Waals surface area (Å²) in [5.41, 5.74) is 1.07. The van der Waals surface area contributed by atoms with E-state index in [0.29, 0.717) is 39.9 Å². The highest BCUT2D eigenvalue weighted by Crippen LogP contribution is 2.39. The lowest BCUT2D eigenvalue weighted by molar-refractivity contribution is -0.141. The van der Waals surface area contributed by atoms with Gasteiger partial charge in [-0.15, -0.1) is 0 Å². The standard InChI is InChI=1S/C27H32O9/c1-8-35-26(28)19(12-17-10-11-21(30-3)22(14-17)31-4)20(27(29)36-9-2)13-18-15-23(32-5)25(34-7)24(16-18)33-6/h10-16H,8-9H2,1-7H3/b19-12+,20-13+. The van der Waals surface area contributed by atoms with Crippen LogP contribution < -0.4 is 23.7 Å². The molecule has 2 aromatic carbocycles. The predicted octanol–water partition coefficient (Wildman–Crippen LogP) is 4.32. The zero-order chi connectivity index (χ0) is 26.7. The van der Waals surface area contributed by atoms with Crippen molar-refractivity contribution >= 4 is 24.1 Å². The van der Waals surface area contributed by atoms with E-state index in [1.807, 2.05) is 0 Å². The first-order chi connectivity index (χ1) is 17.4.